The van der Waals surface area contributed by atoms with E-state index >= 15 is 0 Å². The second kappa shape index (κ2) is 8.78. The number of carbonyl (C=O) groups excluding carboxylic acids is 1. The maximum atomic E-state index is 13.1. The lowest BCUT2D eigenvalue weighted by molar-refractivity contribution is -0.116. The summed E-state index contributed by atoms with van der Waals surface area (Å²) >= 11 is 0. The normalized spacial score (nSPS) is 12.5. The highest BCUT2D eigenvalue weighted by molar-refractivity contribution is 7.92. The number of nitrogens with one attached hydrogen (secondary N) is 1. The molecule has 0 aliphatic carbocycles. The first-order chi connectivity index (χ1) is 13.1. The fourth-order valence-electron chi connectivity index (χ4n) is 3.37. The number of sulfonamides is 1. The fourth-order valence-corrected chi connectivity index (χ4v) is 4.59. The standard InChI is InChI=1S/C22H30N2O3S/c1-7-18-10-9-11-19(8-2)21(18)23-22(25)17(5)24(28(6,26)27)20-14-15(3)12-13-16(20)4/h9-14,17H,7-8H2,1-6H3,(H,23,25). The molecule has 0 aliphatic rings. The smallest absolute Gasteiger partial charge is 0.248 e. The minimum Gasteiger partial charge on any atom is -0.324 e. The average molecular weight is 403 g/mol. The average Bonchev–Trinajstić information content (AvgIpc) is 2.63. The monoisotopic (exact) mass is 402 g/mol. The van der Waals surface area contributed by atoms with Gasteiger partial charge in [-0.05, 0) is 61.9 Å². The van der Waals surface area contributed by atoms with Crippen molar-refractivity contribution in [2.45, 2.75) is 53.5 Å². The lowest BCUT2D eigenvalue weighted by Crippen LogP contribution is -2.46. The van der Waals surface area contributed by atoms with E-state index in [0.29, 0.717) is 5.69 Å². The van der Waals surface area contributed by atoms with Gasteiger partial charge < -0.3 is 5.32 Å². The molecule has 0 saturated heterocycles. The molecular weight excluding hydrogens is 372 g/mol. The Morgan fingerprint density at radius 2 is 1.64 bits per heavy atom. The van der Waals surface area contributed by atoms with Gasteiger partial charge in [0.25, 0.3) is 0 Å². The first-order valence-corrected chi connectivity index (χ1v) is 11.4. The van der Waals surface area contributed by atoms with Gasteiger partial charge in [0.05, 0.1) is 11.9 Å². The van der Waals surface area contributed by atoms with Gasteiger partial charge in [-0.25, -0.2) is 8.42 Å². The zero-order chi connectivity index (χ0) is 21.1. The maximum absolute atomic E-state index is 13.1. The molecule has 0 radical (unpaired) electrons. The van der Waals surface area contributed by atoms with Crippen LogP contribution in [0.5, 0.6) is 0 Å². The van der Waals surface area contributed by atoms with Gasteiger partial charge in [-0.2, -0.15) is 0 Å². The van der Waals surface area contributed by atoms with E-state index in [-0.39, 0.29) is 5.91 Å². The number of benzene rings is 2. The van der Waals surface area contributed by atoms with Gasteiger partial charge in [0.15, 0.2) is 0 Å². The summed E-state index contributed by atoms with van der Waals surface area (Å²) in [7, 11) is -3.65. The largest absolute Gasteiger partial charge is 0.324 e. The number of amides is 1. The van der Waals surface area contributed by atoms with E-state index in [1.54, 1.807) is 13.0 Å². The van der Waals surface area contributed by atoms with Crippen molar-refractivity contribution in [3.05, 3.63) is 58.7 Å². The van der Waals surface area contributed by atoms with Crippen LogP contribution < -0.4 is 9.62 Å². The Hall–Kier alpha value is -2.34. The van der Waals surface area contributed by atoms with Crippen molar-refractivity contribution in [3.8, 4) is 0 Å². The Balaban J connectivity index is 2.45. The van der Waals surface area contributed by atoms with E-state index in [2.05, 4.69) is 5.32 Å². The van der Waals surface area contributed by atoms with E-state index < -0.39 is 16.1 Å². The number of carbonyl (C=O) groups is 1. The first kappa shape index (κ1) is 22.0. The SMILES string of the molecule is CCc1cccc(CC)c1NC(=O)C(C)N(c1cc(C)ccc1C)S(C)(=O)=O. The highest BCUT2D eigenvalue weighted by Crippen LogP contribution is 2.28. The molecule has 2 aromatic carbocycles. The minimum absolute atomic E-state index is 0.345. The predicted molar refractivity (Wildman–Crippen MR) is 117 cm³/mol. The lowest BCUT2D eigenvalue weighted by atomic mass is 10.0. The molecule has 0 saturated carbocycles. The van der Waals surface area contributed by atoms with Crippen LogP contribution in [0.1, 0.15) is 43.0 Å². The van der Waals surface area contributed by atoms with Crippen LogP contribution in [0.15, 0.2) is 36.4 Å². The van der Waals surface area contributed by atoms with Gasteiger partial charge in [0, 0.05) is 5.69 Å². The Bertz CT molecular complexity index is 945. The first-order valence-electron chi connectivity index (χ1n) is 9.58. The van der Waals surface area contributed by atoms with Crippen molar-refractivity contribution in [1.29, 1.82) is 0 Å². The van der Waals surface area contributed by atoms with E-state index in [1.165, 1.54) is 4.31 Å². The third-order valence-electron chi connectivity index (χ3n) is 4.94. The summed E-state index contributed by atoms with van der Waals surface area (Å²) in [6.07, 6.45) is 2.70. The van der Waals surface area contributed by atoms with E-state index in [9.17, 15) is 13.2 Å². The van der Waals surface area contributed by atoms with Crippen LogP contribution in [0.2, 0.25) is 0 Å². The van der Waals surface area contributed by atoms with Crippen molar-refractivity contribution < 1.29 is 13.2 Å². The van der Waals surface area contributed by atoms with Gasteiger partial charge in [-0.3, -0.25) is 9.10 Å². The maximum Gasteiger partial charge on any atom is 0.248 e. The quantitative estimate of drug-likeness (QED) is 0.754. The van der Waals surface area contributed by atoms with E-state index in [4.69, 9.17) is 0 Å². The van der Waals surface area contributed by atoms with Crippen LogP contribution in [0, 0.1) is 13.8 Å². The van der Waals surface area contributed by atoms with Crippen LogP contribution in [-0.2, 0) is 27.7 Å². The van der Waals surface area contributed by atoms with E-state index in [1.807, 2.05) is 58.0 Å². The third-order valence-corrected chi connectivity index (χ3v) is 6.17. The Labute approximate surface area is 168 Å². The Morgan fingerprint density at radius 1 is 1.07 bits per heavy atom. The highest BCUT2D eigenvalue weighted by atomic mass is 32.2. The molecule has 6 heteroatoms. The van der Waals surface area contributed by atoms with Gasteiger partial charge in [-0.15, -0.1) is 0 Å². The summed E-state index contributed by atoms with van der Waals surface area (Å²) in [5.41, 5.74) is 5.14. The molecular formula is C22H30N2O3S. The zero-order valence-corrected chi connectivity index (χ0v) is 18.4. The van der Waals surface area contributed by atoms with Gasteiger partial charge in [0.1, 0.15) is 6.04 Å². The number of anilines is 2. The molecule has 1 atom stereocenters. The number of nitrogens with zero attached hydrogens (tertiary/aromatic N) is 1. The van der Waals surface area contributed by atoms with Crippen LogP contribution in [0.3, 0.4) is 0 Å². The number of aryl methyl sites for hydroxylation is 4. The molecule has 0 aliphatic heterocycles. The molecule has 0 fully saturated rings. The topological polar surface area (TPSA) is 66.5 Å². The minimum atomic E-state index is -3.65. The summed E-state index contributed by atoms with van der Waals surface area (Å²) < 4.78 is 26.4. The molecule has 1 unspecified atom stereocenters. The third kappa shape index (κ3) is 4.73. The molecule has 2 rings (SSSR count). The molecule has 0 spiro atoms. The summed E-state index contributed by atoms with van der Waals surface area (Å²) in [5, 5.41) is 2.99. The zero-order valence-electron chi connectivity index (χ0n) is 17.5. The number of hydrogen-bond acceptors (Lipinski definition) is 3. The van der Waals surface area contributed by atoms with E-state index in [0.717, 1.165) is 47.0 Å². The number of hydrogen-bond donors (Lipinski definition) is 1. The second-order valence-corrected chi connectivity index (χ2v) is 9.03. The van der Waals surface area contributed by atoms with Gasteiger partial charge in [0.2, 0.25) is 15.9 Å². The fraction of sp³-hybridized carbons (Fsp3) is 0.409. The second-order valence-electron chi connectivity index (χ2n) is 7.17. The van der Waals surface area contributed by atoms with Crippen molar-refractivity contribution in [3.63, 3.8) is 0 Å². The van der Waals surface area contributed by atoms with Crippen molar-refractivity contribution in [2.75, 3.05) is 15.9 Å². The lowest BCUT2D eigenvalue weighted by Gasteiger charge is -2.30. The summed E-state index contributed by atoms with van der Waals surface area (Å²) in [5.74, 6) is -0.345. The molecule has 1 amide bonds. The van der Waals surface area contributed by atoms with Crippen LogP contribution >= 0.6 is 0 Å². The van der Waals surface area contributed by atoms with Crippen LogP contribution in [-0.4, -0.2) is 26.6 Å². The molecule has 2 aromatic rings. The highest BCUT2D eigenvalue weighted by Gasteiger charge is 2.30. The molecule has 28 heavy (non-hydrogen) atoms. The molecule has 0 aromatic heterocycles. The molecule has 0 bridgehead atoms. The summed E-state index contributed by atoms with van der Waals surface area (Å²) in [6, 6.07) is 10.7. The van der Waals surface area contributed by atoms with Gasteiger partial charge >= 0.3 is 0 Å². The van der Waals surface area contributed by atoms with Gasteiger partial charge in [-0.1, -0.05) is 44.2 Å². The van der Waals surface area contributed by atoms with Crippen molar-refractivity contribution >= 4 is 27.3 Å². The van der Waals surface area contributed by atoms with Crippen molar-refractivity contribution in [2.24, 2.45) is 0 Å². The van der Waals surface area contributed by atoms with Crippen LogP contribution in [0.4, 0.5) is 11.4 Å². The number of para-hydroxylation sites is 1. The Kier molecular flexibility index (Phi) is 6.88. The molecule has 5 nitrogen and oxygen atoms in total. The molecule has 152 valence electrons. The summed E-state index contributed by atoms with van der Waals surface area (Å²) in [4.78, 5) is 13.1. The Morgan fingerprint density at radius 3 is 2.14 bits per heavy atom. The van der Waals surface area contributed by atoms with Crippen molar-refractivity contribution in [1.82, 2.24) is 0 Å². The predicted octanol–water partition coefficient (Wildman–Crippen LogP) is 4.22. The molecule has 1 N–H and O–H groups in total. The van der Waals surface area contributed by atoms with Crippen LogP contribution in [0.25, 0.3) is 0 Å². The molecule has 0 heterocycles. The number of rotatable bonds is 7. The summed E-state index contributed by atoms with van der Waals surface area (Å²) in [6.45, 7) is 9.44.